The summed E-state index contributed by atoms with van der Waals surface area (Å²) in [7, 11) is 0. The summed E-state index contributed by atoms with van der Waals surface area (Å²) in [5, 5.41) is 10.8. The van der Waals surface area contributed by atoms with Crippen LogP contribution in [0.5, 0.6) is 11.5 Å². The highest BCUT2D eigenvalue weighted by atomic mass is 16.6. The minimum absolute atomic E-state index is 0.588. The van der Waals surface area contributed by atoms with Crippen LogP contribution in [0.4, 0.5) is 0 Å². The van der Waals surface area contributed by atoms with Gasteiger partial charge in [0.1, 0.15) is 13.2 Å². The van der Waals surface area contributed by atoms with Gasteiger partial charge in [-0.3, -0.25) is 5.10 Å². The van der Waals surface area contributed by atoms with E-state index in [1.165, 1.54) is 0 Å². The first kappa shape index (κ1) is 15.7. The summed E-state index contributed by atoms with van der Waals surface area (Å²) in [6, 6.07) is 5.99. The lowest BCUT2D eigenvalue weighted by atomic mass is 10.1. The minimum Gasteiger partial charge on any atom is -0.486 e. The summed E-state index contributed by atoms with van der Waals surface area (Å²) >= 11 is 0. The van der Waals surface area contributed by atoms with Crippen molar-refractivity contribution in [3.05, 3.63) is 48.7 Å². The molecule has 3 aromatic rings. The van der Waals surface area contributed by atoms with Gasteiger partial charge in [-0.15, -0.1) is 0 Å². The third-order valence-electron chi connectivity index (χ3n) is 4.19. The van der Waals surface area contributed by atoms with Crippen molar-refractivity contribution in [1.82, 2.24) is 25.1 Å². The highest BCUT2D eigenvalue weighted by Gasteiger charge is 2.14. The second kappa shape index (κ2) is 7.40. The van der Waals surface area contributed by atoms with E-state index < -0.39 is 0 Å². The number of aryl methyl sites for hydroxylation is 1. The maximum atomic E-state index is 5.67. The average molecular weight is 339 g/mol. The van der Waals surface area contributed by atoms with E-state index in [0.29, 0.717) is 13.2 Å². The Bertz CT molecular complexity index is 813. The van der Waals surface area contributed by atoms with Crippen LogP contribution in [0.15, 0.2) is 43.1 Å². The molecule has 3 heterocycles. The highest BCUT2D eigenvalue weighted by Crippen LogP contribution is 2.34. The Balaban J connectivity index is 1.35. The largest absolute Gasteiger partial charge is 0.486 e. The quantitative estimate of drug-likeness (QED) is 0.646. The molecule has 0 fully saturated rings. The maximum Gasteiger partial charge on any atom is 0.162 e. The third-order valence-corrected chi connectivity index (χ3v) is 4.19. The lowest BCUT2D eigenvalue weighted by Gasteiger charge is -2.18. The topological polar surface area (TPSA) is 77.0 Å². The molecule has 0 saturated heterocycles. The molecule has 0 aliphatic carbocycles. The molecule has 7 nitrogen and oxygen atoms in total. The summed E-state index contributed by atoms with van der Waals surface area (Å²) in [4.78, 5) is 4.05. The molecule has 0 amide bonds. The van der Waals surface area contributed by atoms with Gasteiger partial charge in [0.2, 0.25) is 0 Å². The molecule has 7 heteroatoms. The molecule has 1 aliphatic heterocycles. The average Bonchev–Trinajstić information content (AvgIpc) is 3.33. The first-order valence-corrected chi connectivity index (χ1v) is 8.49. The zero-order valence-electron chi connectivity index (χ0n) is 13.9. The van der Waals surface area contributed by atoms with Crippen LogP contribution < -0.4 is 14.8 Å². The number of fused-ring (bicyclic) bond motifs is 1. The number of benzene rings is 1. The first-order chi connectivity index (χ1) is 12.4. The van der Waals surface area contributed by atoms with Crippen LogP contribution in [0.25, 0.3) is 11.3 Å². The zero-order valence-corrected chi connectivity index (χ0v) is 13.9. The molecule has 0 unspecified atom stereocenters. The fourth-order valence-electron chi connectivity index (χ4n) is 2.92. The Morgan fingerprint density at radius 3 is 3.00 bits per heavy atom. The number of imidazole rings is 1. The zero-order chi connectivity index (χ0) is 16.9. The van der Waals surface area contributed by atoms with Gasteiger partial charge < -0.3 is 19.4 Å². The van der Waals surface area contributed by atoms with E-state index in [0.717, 1.165) is 54.4 Å². The van der Waals surface area contributed by atoms with Gasteiger partial charge in [0.05, 0.1) is 18.2 Å². The Labute approximate surface area is 146 Å². The molecule has 25 heavy (non-hydrogen) atoms. The van der Waals surface area contributed by atoms with Crippen LogP contribution in [0.2, 0.25) is 0 Å². The van der Waals surface area contributed by atoms with E-state index in [9.17, 15) is 0 Å². The molecule has 1 aliphatic rings. The maximum absolute atomic E-state index is 5.67. The molecule has 0 atom stereocenters. The number of H-pyrrole nitrogens is 1. The Kier molecular flexibility index (Phi) is 4.65. The van der Waals surface area contributed by atoms with Crippen LogP contribution in [0, 0.1) is 0 Å². The van der Waals surface area contributed by atoms with Crippen molar-refractivity contribution in [1.29, 1.82) is 0 Å². The summed E-state index contributed by atoms with van der Waals surface area (Å²) in [6.07, 6.45) is 8.55. The first-order valence-electron chi connectivity index (χ1n) is 8.49. The number of aromatic nitrogens is 4. The van der Waals surface area contributed by atoms with Gasteiger partial charge in [-0.1, -0.05) is 0 Å². The SMILES string of the molecule is c1cn(CCCNCc2cn[nH]c2-c2ccc3c(c2)OCCO3)cn1. The van der Waals surface area contributed by atoms with Crippen molar-refractivity contribution in [2.75, 3.05) is 19.8 Å². The van der Waals surface area contributed by atoms with Crippen LogP contribution >= 0.6 is 0 Å². The van der Waals surface area contributed by atoms with E-state index in [2.05, 4.69) is 25.1 Å². The highest BCUT2D eigenvalue weighted by molar-refractivity contribution is 5.66. The Morgan fingerprint density at radius 1 is 1.20 bits per heavy atom. The molecule has 130 valence electrons. The van der Waals surface area contributed by atoms with Gasteiger partial charge in [-0.25, -0.2) is 4.98 Å². The van der Waals surface area contributed by atoms with E-state index in [4.69, 9.17) is 9.47 Å². The molecular formula is C18H21N5O2. The summed E-state index contributed by atoms with van der Waals surface area (Å²) in [6.45, 7) is 3.86. The smallest absolute Gasteiger partial charge is 0.162 e. The Morgan fingerprint density at radius 2 is 2.12 bits per heavy atom. The van der Waals surface area contributed by atoms with Gasteiger partial charge >= 0.3 is 0 Å². The minimum atomic E-state index is 0.588. The van der Waals surface area contributed by atoms with Gasteiger partial charge in [0, 0.05) is 36.6 Å². The number of ether oxygens (including phenoxy) is 2. The van der Waals surface area contributed by atoms with Crippen molar-refractivity contribution in [3.63, 3.8) is 0 Å². The summed E-state index contributed by atoms with van der Waals surface area (Å²) in [5.74, 6) is 1.59. The summed E-state index contributed by atoms with van der Waals surface area (Å²) in [5.41, 5.74) is 3.20. The van der Waals surface area contributed by atoms with Crippen LogP contribution in [-0.2, 0) is 13.1 Å². The number of rotatable bonds is 7. The Hall–Kier alpha value is -2.80. The fraction of sp³-hybridized carbons (Fsp3) is 0.333. The van der Waals surface area contributed by atoms with E-state index in [-0.39, 0.29) is 0 Å². The van der Waals surface area contributed by atoms with Crippen molar-refractivity contribution >= 4 is 0 Å². The van der Waals surface area contributed by atoms with Gasteiger partial charge in [-0.05, 0) is 31.2 Å². The third kappa shape index (κ3) is 3.66. The van der Waals surface area contributed by atoms with Crippen LogP contribution in [-0.4, -0.2) is 39.5 Å². The standard InChI is InChI=1S/C18H21N5O2/c1(6-23-7-5-20-13-23)4-19-11-15-12-21-22-18(15)14-2-3-16-17(10-14)25-9-8-24-16/h2-3,5,7,10,12-13,19H,1,4,6,8-9,11H2,(H,21,22). The second-order valence-electron chi connectivity index (χ2n) is 5.96. The lowest BCUT2D eigenvalue weighted by Crippen LogP contribution is -2.16. The van der Waals surface area contributed by atoms with E-state index in [1.807, 2.05) is 36.9 Å². The number of hydrogen-bond donors (Lipinski definition) is 2. The van der Waals surface area contributed by atoms with Gasteiger partial charge in [0.15, 0.2) is 11.5 Å². The monoisotopic (exact) mass is 339 g/mol. The molecule has 4 rings (SSSR count). The normalized spacial score (nSPS) is 13.1. The lowest BCUT2D eigenvalue weighted by molar-refractivity contribution is 0.171. The van der Waals surface area contributed by atoms with Crippen LogP contribution in [0.3, 0.4) is 0 Å². The number of nitrogens with one attached hydrogen (secondary N) is 2. The molecule has 0 radical (unpaired) electrons. The molecule has 0 bridgehead atoms. The predicted molar refractivity (Wildman–Crippen MR) is 93.6 cm³/mol. The van der Waals surface area contributed by atoms with Crippen molar-refractivity contribution < 1.29 is 9.47 Å². The second-order valence-corrected chi connectivity index (χ2v) is 5.96. The number of aromatic amines is 1. The molecule has 1 aromatic carbocycles. The number of nitrogens with zero attached hydrogens (tertiary/aromatic N) is 3. The van der Waals surface area contributed by atoms with Crippen molar-refractivity contribution in [2.45, 2.75) is 19.5 Å². The predicted octanol–water partition coefficient (Wildman–Crippen LogP) is 2.22. The molecule has 2 aromatic heterocycles. The van der Waals surface area contributed by atoms with E-state index in [1.54, 1.807) is 6.20 Å². The van der Waals surface area contributed by atoms with Gasteiger partial charge in [-0.2, -0.15) is 5.10 Å². The molecular weight excluding hydrogens is 318 g/mol. The fourth-order valence-corrected chi connectivity index (χ4v) is 2.92. The molecule has 2 N–H and O–H groups in total. The van der Waals surface area contributed by atoms with E-state index >= 15 is 0 Å². The molecule has 0 spiro atoms. The molecule has 0 saturated carbocycles. The summed E-state index contributed by atoms with van der Waals surface area (Å²) < 4.78 is 13.3. The van der Waals surface area contributed by atoms with Crippen molar-refractivity contribution in [2.24, 2.45) is 0 Å². The number of hydrogen-bond acceptors (Lipinski definition) is 5. The van der Waals surface area contributed by atoms with Crippen LogP contribution in [0.1, 0.15) is 12.0 Å². The van der Waals surface area contributed by atoms with Crippen molar-refractivity contribution in [3.8, 4) is 22.8 Å². The van der Waals surface area contributed by atoms with Gasteiger partial charge in [0.25, 0.3) is 0 Å².